The Balaban J connectivity index is 2.20. The van der Waals surface area contributed by atoms with Gasteiger partial charge in [-0.1, -0.05) is 19.1 Å². The average molecular weight is 236 g/mol. The molecule has 86 valence electrons. The Kier molecular flexibility index (Phi) is 3.74. The summed E-state index contributed by atoms with van der Waals surface area (Å²) in [6, 6.07) is 8.54. The first-order valence-corrected chi connectivity index (χ1v) is 6.22. The third-order valence-corrected chi connectivity index (χ3v) is 3.39. The van der Waals surface area contributed by atoms with Crippen molar-refractivity contribution in [3.05, 3.63) is 24.3 Å². The molecule has 0 aliphatic rings. The Morgan fingerprint density at radius 2 is 2.25 bits per heavy atom. The number of rotatable bonds is 5. The number of aromatic nitrogens is 1. The molecule has 0 aliphatic heterocycles. The highest BCUT2D eigenvalue weighted by molar-refractivity contribution is 7.11. The molecule has 0 aliphatic carbocycles. The molecule has 3 nitrogen and oxygen atoms in total. The zero-order valence-corrected chi connectivity index (χ0v) is 10.4. The van der Waals surface area contributed by atoms with E-state index in [1.807, 2.05) is 18.2 Å². The van der Waals surface area contributed by atoms with Gasteiger partial charge in [-0.05, 0) is 30.1 Å². The van der Waals surface area contributed by atoms with Crippen molar-refractivity contribution in [2.75, 3.05) is 19.0 Å². The van der Waals surface area contributed by atoms with Crippen LogP contribution in [0.3, 0.4) is 0 Å². The van der Waals surface area contributed by atoms with Crippen LogP contribution in [0.15, 0.2) is 24.3 Å². The Morgan fingerprint density at radius 1 is 1.44 bits per heavy atom. The summed E-state index contributed by atoms with van der Waals surface area (Å²) in [4.78, 5) is 0. The summed E-state index contributed by atoms with van der Waals surface area (Å²) in [5, 5.41) is 5.82. The molecule has 0 fully saturated rings. The molecule has 1 unspecified atom stereocenters. The van der Waals surface area contributed by atoms with Gasteiger partial charge in [0, 0.05) is 12.5 Å². The van der Waals surface area contributed by atoms with E-state index in [1.165, 1.54) is 16.9 Å². The largest absolute Gasteiger partial charge is 0.383 e. The van der Waals surface area contributed by atoms with Crippen molar-refractivity contribution in [1.82, 2.24) is 4.37 Å². The van der Waals surface area contributed by atoms with Crippen LogP contribution in [0.1, 0.15) is 13.3 Å². The summed E-state index contributed by atoms with van der Waals surface area (Å²) in [6.45, 7) is 2.88. The van der Waals surface area contributed by atoms with Crippen LogP contribution in [0.4, 0.5) is 5.00 Å². The van der Waals surface area contributed by atoms with Gasteiger partial charge in [-0.15, -0.1) is 0 Å². The van der Waals surface area contributed by atoms with Gasteiger partial charge in [0.05, 0.1) is 18.2 Å². The maximum Gasteiger partial charge on any atom is 0.117 e. The molecule has 4 heteroatoms. The Bertz CT molecular complexity index is 455. The van der Waals surface area contributed by atoms with Crippen molar-refractivity contribution < 1.29 is 4.74 Å². The van der Waals surface area contributed by atoms with Crippen LogP contribution in [0.25, 0.3) is 10.9 Å². The van der Waals surface area contributed by atoms with Crippen LogP contribution in [0.2, 0.25) is 0 Å². The van der Waals surface area contributed by atoms with E-state index in [1.54, 1.807) is 7.11 Å². The van der Waals surface area contributed by atoms with Crippen LogP contribution in [0, 0.1) is 0 Å². The number of nitrogens with zero attached hydrogens (tertiary/aromatic N) is 1. The molecular formula is C12H16N2OS. The van der Waals surface area contributed by atoms with Crippen molar-refractivity contribution in [1.29, 1.82) is 0 Å². The molecule has 0 spiro atoms. The molecule has 0 saturated carbocycles. The first kappa shape index (κ1) is 11.4. The second-order valence-electron chi connectivity index (χ2n) is 3.73. The lowest BCUT2D eigenvalue weighted by molar-refractivity contribution is 0.184. The third kappa shape index (κ3) is 2.33. The minimum atomic E-state index is 0.355. The summed E-state index contributed by atoms with van der Waals surface area (Å²) >= 11 is 1.52. The van der Waals surface area contributed by atoms with E-state index in [0.29, 0.717) is 6.04 Å². The van der Waals surface area contributed by atoms with E-state index in [9.17, 15) is 0 Å². The summed E-state index contributed by atoms with van der Waals surface area (Å²) in [7, 11) is 1.73. The fourth-order valence-corrected chi connectivity index (χ4v) is 2.48. The number of ether oxygens (including phenoxy) is 1. The molecule has 1 N–H and O–H groups in total. The standard InChI is InChI=1S/C12H16N2OS/c1-3-9(8-15-2)13-12-10-6-4-5-7-11(10)14-16-12/h4-7,9,13H,3,8H2,1-2H3. The van der Waals surface area contributed by atoms with E-state index in [-0.39, 0.29) is 0 Å². The molecule has 0 radical (unpaired) electrons. The molecule has 0 saturated heterocycles. The van der Waals surface area contributed by atoms with Gasteiger partial charge in [0.15, 0.2) is 0 Å². The fourth-order valence-electron chi connectivity index (χ4n) is 1.64. The van der Waals surface area contributed by atoms with Gasteiger partial charge in [0.2, 0.25) is 0 Å². The number of hydrogen-bond donors (Lipinski definition) is 1. The van der Waals surface area contributed by atoms with E-state index in [2.05, 4.69) is 22.7 Å². The molecule has 1 heterocycles. The Morgan fingerprint density at radius 3 is 3.00 bits per heavy atom. The molecule has 0 bridgehead atoms. The number of hydrogen-bond acceptors (Lipinski definition) is 4. The highest BCUT2D eigenvalue weighted by atomic mass is 32.1. The average Bonchev–Trinajstić information content (AvgIpc) is 2.72. The molecule has 1 aromatic carbocycles. The van der Waals surface area contributed by atoms with E-state index in [4.69, 9.17) is 4.74 Å². The molecular weight excluding hydrogens is 220 g/mol. The lowest BCUT2D eigenvalue weighted by Crippen LogP contribution is -2.23. The molecule has 0 amide bonds. The summed E-state index contributed by atoms with van der Waals surface area (Å²) in [5.74, 6) is 0. The Labute approximate surface area is 99.6 Å². The van der Waals surface area contributed by atoms with Crippen molar-refractivity contribution in [2.24, 2.45) is 0 Å². The van der Waals surface area contributed by atoms with Crippen LogP contribution in [-0.4, -0.2) is 24.1 Å². The van der Waals surface area contributed by atoms with Gasteiger partial charge in [-0.25, -0.2) is 0 Å². The van der Waals surface area contributed by atoms with Gasteiger partial charge in [-0.2, -0.15) is 4.37 Å². The van der Waals surface area contributed by atoms with E-state index in [0.717, 1.165) is 23.5 Å². The monoisotopic (exact) mass is 236 g/mol. The SMILES string of the molecule is CCC(COC)Nc1snc2ccccc12. The zero-order valence-electron chi connectivity index (χ0n) is 9.56. The molecule has 16 heavy (non-hydrogen) atoms. The lowest BCUT2D eigenvalue weighted by atomic mass is 10.2. The van der Waals surface area contributed by atoms with Crippen molar-refractivity contribution in [3.63, 3.8) is 0 Å². The molecule has 1 aromatic heterocycles. The number of anilines is 1. The second kappa shape index (κ2) is 5.27. The highest BCUT2D eigenvalue weighted by Gasteiger charge is 2.10. The predicted molar refractivity (Wildman–Crippen MR) is 69.2 cm³/mol. The molecule has 1 atom stereocenters. The first-order chi connectivity index (χ1) is 7.85. The van der Waals surface area contributed by atoms with Crippen LogP contribution in [-0.2, 0) is 4.74 Å². The number of benzene rings is 1. The smallest absolute Gasteiger partial charge is 0.117 e. The van der Waals surface area contributed by atoms with Gasteiger partial charge < -0.3 is 10.1 Å². The summed E-state index contributed by atoms with van der Waals surface area (Å²) in [5.41, 5.74) is 1.06. The third-order valence-electron chi connectivity index (χ3n) is 2.58. The number of methoxy groups -OCH3 is 1. The van der Waals surface area contributed by atoms with E-state index < -0.39 is 0 Å². The van der Waals surface area contributed by atoms with Crippen LogP contribution in [0.5, 0.6) is 0 Å². The van der Waals surface area contributed by atoms with Crippen molar-refractivity contribution in [3.8, 4) is 0 Å². The zero-order chi connectivity index (χ0) is 11.4. The second-order valence-corrected chi connectivity index (χ2v) is 4.51. The minimum absolute atomic E-state index is 0.355. The minimum Gasteiger partial charge on any atom is -0.383 e. The highest BCUT2D eigenvalue weighted by Crippen LogP contribution is 2.28. The van der Waals surface area contributed by atoms with Gasteiger partial charge >= 0.3 is 0 Å². The fraction of sp³-hybridized carbons (Fsp3) is 0.417. The quantitative estimate of drug-likeness (QED) is 0.866. The van der Waals surface area contributed by atoms with Crippen LogP contribution >= 0.6 is 11.5 Å². The summed E-state index contributed by atoms with van der Waals surface area (Å²) < 4.78 is 9.58. The molecule has 2 aromatic rings. The maximum atomic E-state index is 5.18. The normalized spacial score (nSPS) is 12.9. The topological polar surface area (TPSA) is 34.1 Å². The number of nitrogens with one attached hydrogen (secondary N) is 1. The summed E-state index contributed by atoms with van der Waals surface area (Å²) in [6.07, 6.45) is 1.04. The van der Waals surface area contributed by atoms with E-state index >= 15 is 0 Å². The van der Waals surface area contributed by atoms with Gasteiger partial charge in [0.1, 0.15) is 5.00 Å². The first-order valence-electron chi connectivity index (χ1n) is 5.45. The lowest BCUT2D eigenvalue weighted by Gasteiger charge is -2.15. The van der Waals surface area contributed by atoms with Crippen molar-refractivity contribution in [2.45, 2.75) is 19.4 Å². The Hall–Kier alpha value is -1.13. The maximum absolute atomic E-state index is 5.18. The number of fused-ring (bicyclic) bond motifs is 1. The van der Waals surface area contributed by atoms with Gasteiger partial charge in [-0.3, -0.25) is 0 Å². The molecule has 2 rings (SSSR count). The van der Waals surface area contributed by atoms with Crippen molar-refractivity contribution >= 4 is 27.4 Å². The predicted octanol–water partition coefficient (Wildman–Crippen LogP) is 3.13. The van der Waals surface area contributed by atoms with Gasteiger partial charge in [0.25, 0.3) is 0 Å². The van der Waals surface area contributed by atoms with Crippen LogP contribution < -0.4 is 5.32 Å².